The average Bonchev–Trinajstić information content (AvgIpc) is 3.22. The third-order valence-corrected chi connectivity index (χ3v) is 12.1. The molecular weight excluding hydrogens is 851 g/mol. The Morgan fingerprint density at radius 3 is 2.08 bits per heavy atom. The van der Waals surface area contributed by atoms with E-state index in [1.165, 1.54) is 9.80 Å². The van der Waals surface area contributed by atoms with E-state index in [0.29, 0.717) is 38.5 Å². The first-order valence-electron chi connectivity index (χ1n) is 24.5. The van der Waals surface area contributed by atoms with Crippen molar-refractivity contribution in [2.24, 2.45) is 17.8 Å². The van der Waals surface area contributed by atoms with Gasteiger partial charge in [-0.05, 0) is 98.8 Å². The number of unbranched alkanes of at least 4 members (excludes halogenated alkanes) is 4. The molecule has 2 rings (SSSR count). The largest absolute Gasteiger partial charge is 0.465 e. The number of amides is 7. The van der Waals surface area contributed by atoms with E-state index in [4.69, 9.17) is 14.2 Å². The highest BCUT2D eigenvalue weighted by molar-refractivity contribution is 5.96. The summed E-state index contributed by atoms with van der Waals surface area (Å²) in [5, 5.41) is 23.7. The van der Waals surface area contributed by atoms with Gasteiger partial charge >= 0.3 is 12.2 Å². The molecule has 0 aromatic carbocycles. The summed E-state index contributed by atoms with van der Waals surface area (Å²) in [5.74, 6) is -3.73. The maximum absolute atomic E-state index is 14.6. The summed E-state index contributed by atoms with van der Waals surface area (Å²) in [6, 6.07) is -5.30. The zero-order chi connectivity index (χ0) is 49.8. The van der Waals surface area contributed by atoms with E-state index in [9.17, 15) is 38.7 Å². The van der Waals surface area contributed by atoms with Crippen molar-refractivity contribution in [3.05, 3.63) is 0 Å². The monoisotopic (exact) mass is 938 g/mol. The number of carbonyl (C=O) groups excluding carboxylic acids is 6. The Morgan fingerprint density at radius 1 is 0.848 bits per heavy atom. The van der Waals surface area contributed by atoms with Crippen LogP contribution in [0.2, 0.25) is 0 Å². The first-order chi connectivity index (χ1) is 30.9. The molecule has 1 heterocycles. The molecule has 1 saturated carbocycles. The van der Waals surface area contributed by atoms with E-state index >= 15 is 0 Å². The van der Waals surface area contributed by atoms with E-state index in [0.717, 1.165) is 44.9 Å². The van der Waals surface area contributed by atoms with Crippen LogP contribution in [0.25, 0.3) is 0 Å². The van der Waals surface area contributed by atoms with Crippen LogP contribution in [0.4, 0.5) is 9.59 Å². The van der Waals surface area contributed by atoms with Crippen LogP contribution in [0, 0.1) is 17.8 Å². The lowest BCUT2D eigenvalue weighted by atomic mass is 9.83. The van der Waals surface area contributed by atoms with Crippen LogP contribution < -0.4 is 26.6 Å². The van der Waals surface area contributed by atoms with Crippen LogP contribution in [-0.4, -0.2) is 144 Å². The van der Waals surface area contributed by atoms with Crippen LogP contribution >= 0.6 is 0 Å². The Kier molecular flexibility index (Phi) is 24.8. The quantitative estimate of drug-likeness (QED) is 0.0997. The van der Waals surface area contributed by atoms with Crippen LogP contribution in [0.1, 0.15) is 160 Å². The van der Waals surface area contributed by atoms with E-state index in [-0.39, 0.29) is 44.1 Å². The number of carboxylic acid groups (broad SMARTS) is 1. The van der Waals surface area contributed by atoms with Crippen molar-refractivity contribution in [1.82, 2.24) is 36.4 Å². The molecule has 66 heavy (non-hydrogen) atoms. The molecule has 0 radical (unpaired) electrons. The van der Waals surface area contributed by atoms with Crippen molar-refractivity contribution < 1.29 is 52.9 Å². The summed E-state index contributed by atoms with van der Waals surface area (Å²) in [7, 11) is 1.61. The highest BCUT2D eigenvalue weighted by atomic mass is 16.6. The van der Waals surface area contributed by atoms with E-state index < -0.39 is 95.7 Å². The smallest absolute Gasteiger partial charge is 0.407 e. The minimum atomic E-state index is -1.43. The second-order valence-electron chi connectivity index (χ2n) is 20.8. The second kappa shape index (κ2) is 28.2. The van der Waals surface area contributed by atoms with Gasteiger partial charge in [-0.15, -0.1) is 0 Å². The van der Waals surface area contributed by atoms with Crippen molar-refractivity contribution in [3.63, 3.8) is 0 Å². The lowest BCUT2D eigenvalue weighted by molar-refractivity contribution is -0.147. The summed E-state index contributed by atoms with van der Waals surface area (Å²) in [6.07, 6.45) is 7.21. The Labute approximate surface area is 394 Å². The highest BCUT2D eigenvalue weighted by Crippen LogP contribution is 2.28. The molecule has 380 valence electrons. The van der Waals surface area contributed by atoms with Crippen LogP contribution in [0.3, 0.4) is 0 Å². The molecule has 1 aliphatic carbocycles. The van der Waals surface area contributed by atoms with Crippen molar-refractivity contribution in [3.8, 4) is 0 Å². The molecule has 18 heteroatoms. The molecule has 7 amide bonds. The standard InChI is InChI=1S/C48H87N7O11/c1-13-14-15-19-24-38-33(5)44(60)54(12)37(27-31(2)3)42(58)53-39(34-22-17-16-18-23-34)43(59)51-35(28-49-45(61)66-48(9,10)11)40(56)52-36(41(57)50-32(4)29-65-38)30-64-26-21-20-25-55(46(62)63)47(6,7)8/h31-39H,13-30H2,1-12H3,(H,49,61)(H,50,57)(H,51,59)(H,52,56)(H,53,58)(H,62,63)/t32-,33-,35+,36+,37+,38-,39+/m1/s1. The number of hydrogen-bond acceptors (Lipinski definition) is 10. The Balaban J connectivity index is 2.61. The van der Waals surface area contributed by atoms with Crippen LogP contribution in [-0.2, 0) is 38.2 Å². The van der Waals surface area contributed by atoms with Crippen LogP contribution in [0.5, 0.6) is 0 Å². The topological polar surface area (TPSA) is 234 Å². The molecule has 0 unspecified atom stereocenters. The Hall–Kier alpha value is -4.19. The van der Waals surface area contributed by atoms with Gasteiger partial charge in [-0.1, -0.05) is 72.6 Å². The molecule has 2 aliphatic rings. The van der Waals surface area contributed by atoms with Crippen molar-refractivity contribution >= 4 is 41.7 Å². The molecule has 0 aromatic rings. The van der Waals surface area contributed by atoms with Crippen molar-refractivity contribution in [1.29, 1.82) is 0 Å². The Bertz CT molecular complexity index is 1560. The fourth-order valence-corrected chi connectivity index (χ4v) is 8.36. The van der Waals surface area contributed by atoms with Gasteiger partial charge in [0.05, 0.1) is 31.8 Å². The van der Waals surface area contributed by atoms with Gasteiger partial charge in [0, 0.05) is 31.8 Å². The van der Waals surface area contributed by atoms with E-state index in [1.54, 1.807) is 41.7 Å². The summed E-state index contributed by atoms with van der Waals surface area (Å²) in [5.41, 5.74) is -1.46. The third-order valence-electron chi connectivity index (χ3n) is 12.1. The van der Waals surface area contributed by atoms with Crippen LogP contribution in [0.15, 0.2) is 0 Å². The number of ether oxygens (including phenoxy) is 3. The molecule has 18 nitrogen and oxygen atoms in total. The predicted molar refractivity (Wildman–Crippen MR) is 252 cm³/mol. The molecule has 7 atom stereocenters. The SMILES string of the molecule is CCCCCC[C@H]1OC[C@@H](C)NC(=O)[C@H](COCCCCN(C(=O)O)C(C)(C)C)NC(=O)[C@H](CNC(=O)OC(C)(C)C)NC(=O)[C@H](C2CCCCC2)NC(=O)[C@H](CC(C)C)N(C)C(=O)[C@@H]1C. The zero-order valence-corrected chi connectivity index (χ0v) is 42.3. The van der Waals surface area contributed by atoms with Gasteiger partial charge in [-0.2, -0.15) is 0 Å². The number of nitrogens with zero attached hydrogens (tertiary/aromatic N) is 2. The van der Waals surface area contributed by atoms with E-state index in [2.05, 4.69) is 33.5 Å². The van der Waals surface area contributed by atoms with Gasteiger partial charge in [-0.25, -0.2) is 9.59 Å². The second-order valence-corrected chi connectivity index (χ2v) is 20.8. The molecule has 0 bridgehead atoms. The summed E-state index contributed by atoms with van der Waals surface area (Å²) in [4.78, 5) is 99.5. The molecule has 1 aliphatic heterocycles. The lowest BCUT2D eigenvalue weighted by Crippen LogP contribution is -2.62. The maximum Gasteiger partial charge on any atom is 0.407 e. The summed E-state index contributed by atoms with van der Waals surface area (Å²) >= 11 is 0. The fraction of sp³-hybridized carbons (Fsp3) is 0.854. The highest BCUT2D eigenvalue weighted by Gasteiger charge is 2.39. The first-order valence-corrected chi connectivity index (χ1v) is 24.5. The minimum absolute atomic E-state index is 0.0140. The van der Waals surface area contributed by atoms with Gasteiger partial charge in [0.1, 0.15) is 29.8 Å². The zero-order valence-electron chi connectivity index (χ0n) is 42.3. The molecule has 0 aromatic heterocycles. The first kappa shape index (κ1) is 57.9. The molecule has 1 saturated heterocycles. The van der Waals surface area contributed by atoms with Crippen molar-refractivity contribution in [2.75, 3.05) is 40.0 Å². The van der Waals surface area contributed by atoms with Gasteiger partial charge in [0.2, 0.25) is 29.5 Å². The molecular formula is C48H87N7O11. The predicted octanol–water partition coefficient (Wildman–Crippen LogP) is 5.50. The number of nitrogens with one attached hydrogen (secondary N) is 5. The van der Waals surface area contributed by atoms with Crippen molar-refractivity contribution in [2.45, 2.75) is 207 Å². The number of likely N-dealkylation sites (N-methyl/N-ethyl adjacent to an activating group) is 1. The minimum Gasteiger partial charge on any atom is -0.465 e. The van der Waals surface area contributed by atoms with Gasteiger partial charge in [0.15, 0.2) is 0 Å². The van der Waals surface area contributed by atoms with E-state index in [1.807, 2.05) is 34.6 Å². The number of rotatable bonds is 17. The molecule has 6 N–H and O–H groups in total. The average molecular weight is 938 g/mol. The number of carbonyl (C=O) groups is 7. The van der Waals surface area contributed by atoms with Gasteiger partial charge < -0.3 is 55.7 Å². The number of alkyl carbamates (subject to hydrolysis) is 1. The molecule has 0 spiro atoms. The lowest BCUT2D eigenvalue weighted by Gasteiger charge is -2.36. The number of hydrogen-bond donors (Lipinski definition) is 6. The van der Waals surface area contributed by atoms with Gasteiger partial charge in [0.25, 0.3) is 0 Å². The normalized spacial score (nSPS) is 25.1. The Morgan fingerprint density at radius 2 is 1.48 bits per heavy atom. The van der Waals surface area contributed by atoms with Gasteiger partial charge in [-0.3, -0.25) is 24.0 Å². The maximum atomic E-state index is 14.6. The fourth-order valence-electron chi connectivity index (χ4n) is 8.36. The summed E-state index contributed by atoms with van der Waals surface area (Å²) < 4.78 is 17.8. The molecule has 2 fully saturated rings. The third kappa shape index (κ3) is 20.8. The summed E-state index contributed by atoms with van der Waals surface area (Å²) in [6.45, 7) is 19.9.